The molecule has 0 aliphatic carbocycles. The Kier molecular flexibility index (Phi) is 6.08. The van der Waals surface area contributed by atoms with E-state index in [2.05, 4.69) is 15.9 Å². The molecule has 2 atom stereocenters. The lowest BCUT2D eigenvalue weighted by Crippen LogP contribution is -2.45. The number of carbonyl (C=O) groups is 1. The number of aryl methyl sites for hydroxylation is 1. The third-order valence-electron chi connectivity index (χ3n) is 4.17. The van der Waals surface area contributed by atoms with Gasteiger partial charge in [-0.1, -0.05) is 27.5 Å². The molecule has 1 aliphatic heterocycles. The van der Waals surface area contributed by atoms with Crippen LogP contribution < -0.4 is 5.73 Å². The molecule has 21 heavy (non-hydrogen) atoms. The number of hydrogen-bond acceptors (Lipinski definition) is 2. The molecule has 0 spiro atoms. The van der Waals surface area contributed by atoms with Crippen LogP contribution in [0.1, 0.15) is 31.7 Å². The lowest BCUT2D eigenvalue weighted by atomic mass is 9.92. The van der Waals surface area contributed by atoms with Gasteiger partial charge in [0.15, 0.2) is 0 Å². The van der Waals surface area contributed by atoms with Gasteiger partial charge in [-0.3, -0.25) is 4.79 Å². The van der Waals surface area contributed by atoms with Gasteiger partial charge in [0.25, 0.3) is 0 Å². The fourth-order valence-corrected chi connectivity index (χ4v) is 3.44. The van der Waals surface area contributed by atoms with Crippen molar-refractivity contribution in [3.05, 3.63) is 33.3 Å². The van der Waals surface area contributed by atoms with Gasteiger partial charge in [0.2, 0.25) is 5.91 Å². The zero-order valence-corrected chi connectivity index (χ0v) is 14.7. The molecule has 0 aromatic heterocycles. The van der Waals surface area contributed by atoms with Gasteiger partial charge >= 0.3 is 0 Å². The summed E-state index contributed by atoms with van der Waals surface area (Å²) in [6.45, 7) is 3.69. The Morgan fingerprint density at radius 1 is 1.57 bits per heavy atom. The van der Waals surface area contributed by atoms with E-state index in [1.807, 2.05) is 30.0 Å². The molecule has 1 aliphatic rings. The summed E-state index contributed by atoms with van der Waals surface area (Å²) in [6, 6.07) is 5.84. The van der Waals surface area contributed by atoms with Gasteiger partial charge < -0.3 is 10.6 Å². The summed E-state index contributed by atoms with van der Waals surface area (Å²) < 4.78 is 1.01. The van der Waals surface area contributed by atoms with Crippen LogP contribution in [0.2, 0.25) is 5.02 Å². The molecule has 0 radical (unpaired) electrons. The molecule has 1 amide bonds. The van der Waals surface area contributed by atoms with Crippen LogP contribution in [-0.2, 0) is 11.2 Å². The van der Waals surface area contributed by atoms with Crippen molar-refractivity contribution in [1.29, 1.82) is 0 Å². The molecule has 2 N–H and O–H groups in total. The number of amides is 1. The minimum atomic E-state index is 0.155. The van der Waals surface area contributed by atoms with Crippen molar-refractivity contribution in [2.45, 2.75) is 38.6 Å². The molecule has 116 valence electrons. The van der Waals surface area contributed by atoms with Crippen LogP contribution >= 0.6 is 27.5 Å². The first-order valence-corrected chi connectivity index (χ1v) is 8.61. The largest absolute Gasteiger partial charge is 0.342 e. The monoisotopic (exact) mass is 372 g/mol. The van der Waals surface area contributed by atoms with Crippen LogP contribution in [0.4, 0.5) is 0 Å². The summed E-state index contributed by atoms with van der Waals surface area (Å²) in [6.07, 6.45) is 3.41. The highest BCUT2D eigenvalue weighted by Crippen LogP contribution is 2.24. The molecule has 5 heteroatoms. The first-order valence-electron chi connectivity index (χ1n) is 7.44. The summed E-state index contributed by atoms with van der Waals surface area (Å²) in [7, 11) is 0. The van der Waals surface area contributed by atoms with E-state index in [1.54, 1.807) is 0 Å². The number of likely N-dealkylation sites (tertiary alicyclic amines) is 1. The van der Waals surface area contributed by atoms with E-state index in [0.29, 0.717) is 23.8 Å². The Morgan fingerprint density at radius 3 is 3.05 bits per heavy atom. The second kappa shape index (κ2) is 7.61. The summed E-state index contributed by atoms with van der Waals surface area (Å²) >= 11 is 9.51. The highest BCUT2D eigenvalue weighted by molar-refractivity contribution is 9.10. The average Bonchev–Trinajstić information content (AvgIpc) is 2.48. The fraction of sp³-hybridized carbons (Fsp3) is 0.562. The number of nitrogens with two attached hydrogens (primary N) is 1. The van der Waals surface area contributed by atoms with Crippen LogP contribution in [0.3, 0.4) is 0 Å². The number of rotatable bonds is 4. The molecule has 3 nitrogen and oxygen atoms in total. The van der Waals surface area contributed by atoms with Crippen molar-refractivity contribution < 1.29 is 4.79 Å². The smallest absolute Gasteiger partial charge is 0.222 e. The van der Waals surface area contributed by atoms with Crippen molar-refractivity contribution in [2.24, 2.45) is 11.7 Å². The predicted molar refractivity (Wildman–Crippen MR) is 90.4 cm³/mol. The van der Waals surface area contributed by atoms with Crippen molar-refractivity contribution >= 4 is 33.4 Å². The number of carbonyl (C=O) groups excluding carboxylic acids is 1. The Bertz CT molecular complexity index is 507. The molecular weight excluding hydrogens is 352 g/mol. The van der Waals surface area contributed by atoms with Crippen molar-refractivity contribution in [3.8, 4) is 0 Å². The van der Waals surface area contributed by atoms with Gasteiger partial charge in [0, 0.05) is 35.0 Å². The Balaban J connectivity index is 1.91. The summed E-state index contributed by atoms with van der Waals surface area (Å²) in [5.74, 6) is 0.646. The molecular formula is C16H22BrClN2O. The highest BCUT2D eigenvalue weighted by atomic mass is 79.9. The van der Waals surface area contributed by atoms with Crippen LogP contribution in [0.5, 0.6) is 0 Å². The molecule has 1 fully saturated rings. The van der Waals surface area contributed by atoms with Crippen molar-refractivity contribution in [3.63, 3.8) is 0 Å². The standard InChI is InChI=1S/C16H22BrClN2O/c1-11(19)13-3-2-8-20(10-13)16(21)7-4-12-9-14(18)5-6-15(12)17/h5-6,9,11,13H,2-4,7-8,10,19H2,1H3/t11-,13+/m1/s1. The van der Waals surface area contributed by atoms with E-state index >= 15 is 0 Å². The molecule has 1 heterocycles. The van der Waals surface area contributed by atoms with E-state index in [0.717, 1.165) is 36.0 Å². The van der Waals surface area contributed by atoms with Crippen molar-refractivity contribution in [1.82, 2.24) is 4.90 Å². The van der Waals surface area contributed by atoms with E-state index in [-0.39, 0.29) is 11.9 Å². The zero-order valence-electron chi connectivity index (χ0n) is 12.3. The van der Waals surface area contributed by atoms with Crippen LogP contribution in [0.25, 0.3) is 0 Å². The maximum atomic E-state index is 12.4. The summed E-state index contributed by atoms with van der Waals surface area (Å²) in [4.78, 5) is 14.3. The van der Waals surface area contributed by atoms with E-state index in [1.165, 1.54) is 0 Å². The third kappa shape index (κ3) is 4.70. The third-order valence-corrected chi connectivity index (χ3v) is 5.18. The van der Waals surface area contributed by atoms with Crippen LogP contribution in [0, 0.1) is 5.92 Å². The predicted octanol–water partition coefficient (Wildman–Crippen LogP) is 3.62. The van der Waals surface area contributed by atoms with Gasteiger partial charge in [0.05, 0.1) is 0 Å². The van der Waals surface area contributed by atoms with Gasteiger partial charge in [0.1, 0.15) is 0 Å². The summed E-state index contributed by atoms with van der Waals surface area (Å²) in [5, 5.41) is 0.704. The second-order valence-corrected chi connectivity index (χ2v) is 7.13. The second-order valence-electron chi connectivity index (χ2n) is 5.84. The Hall–Kier alpha value is -0.580. The molecule has 0 saturated carbocycles. The van der Waals surface area contributed by atoms with Gasteiger partial charge in [-0.25, -0.2) is 0 Å². The van der Waals surface area contributed by atoms with Crippen LogP contribution in [0.15, 0.2) is 22.7 Å². The first kappa shape index (κ1) is 16.8. The van der Waals surface area contributed by atoms with Gasteiger partial charge in [-0.15, -0.1) is 0 Å². The fourth-order valence-electron chi connectivity index (χ4n) is 2.80. The number of halogens is 2. The SMILES string of the molecule is C[C@@H](N)[C@H]1CCCN(C(=O)CCc2cc(Cl)ccc2Br)C1. The minimum Gasteiger partial charge on any atom is -0.342 e. The van der Waals surface area contributed by atoms with Crippen LogP contribution in [-0.4, -0.2) is 29.9 Å². The number of nitrogens with zero attached hydrogens (tertiary/aromatic N) is 1. The minimum absolute atomic E-state index is 0.155. The lowest BCUT2D eigenvalue weighted by molar-refractivity contribution is -0.133. The molecule has 0 unspecified atom stereocenters. The molecule has 2 rings (SSSR count). The topological polar surface area (TPSA) is 46.3 Å². The molecule has 1 aromatic carbocycles. The summed E-state index contributed by atoms with van der Waals surface area (Å²) in [5.41, 5.74) is 7.05. The van der Waals surface area contributed by atoms with E-state index in [9.17, 15) is 4.79 Å². The molecule has 1 saturated heterocycles. The van der Waals surface area contributed by atoms with Gasteiger partial charge in [-0.05, 0) is 55.9 Å². The molecule has 0 bridgehead atoms. The van der Waals surface area contributed by atoms with E-state index in [4.69, 9.17) is 17.3 Å². The van der Waals surface area contributed by atoms with Crippen molar-refractivity contribution in [2.75, 3.05) is 13.1 Å². The number of hydrogen-bond donors (Lipinski definition) is 1. The lowest BCUT2D eigenvalue weighted by Gasteiger charge is -2.34. The van der Waals surface area contributed by atoms with Gasteiger partial charge in [-0.2, -0.15) is 0 Å². The Labute approximate surface area is 140 Å². The normalized spacial score (nSPS) is 20.4. The van der Waals surface area contributed by atoms with E-state index < -0.39 is 0 Å². The maximum absolute atomic E-state index is 12.4. The Morgan fingerprint density at radius 2 is 2.33 bits per heavy atom. The highest BCUT2D eigenvalue weighted by Gasteiger charge is 2.25. The number of piperidine rings is 1. The quantitative estimate of drug-likeness (QED) is 0.876. The maximum Gasteiger partial charge on any atom is 0.222 e. The zero-order chi connectivity index (χ0) is 15.4. The molecule has 1 aromatic rings. The average molecular weight is 374 g/mol. The first-order chi connectivity index (χ1) is 9.97. The number of benzene rings is 1.